The fraction of sp³-hybridized carbons (Fsp3) is 0.533. The minimum Gasteiger partial charge on any atom is -0.382 e. The zero-order valence-corrected chi connectivity index (χ0v) is 13.5. The Labute approximate surface area is 128 Å². The summed E-state index contributed by atoms with van der Waals surface area (Å²) in [6.07, 6.45) is 5.78. The van der Waals surface area contributed by atoms with Gasteiger partial charge in [0.2, 0.25) is 0 Å². The Kier molecular flexibility index (Phi) is 4.48. The summed E-state index contributed by atoms with van der Waals surface area (Å²) in [5, 5.41) is 3.66. The summed E-state index contributed by atoms with van der Waals surface area (Å²) < 4.78 is 8.13. The molecule has 0 radical (unpaired) electrons. The first-order valence-electron chi connectivity index (χ1n) is 7.11. The Bertz CT molecular complexity index is 584. The Morgan fingerprint density at radius 3 is 3.20 bits per heavy atom. The molecule has 20 heavy (non-hydrogen) atoms. The van der Waals surface area contributed by atoms with E-state index in [9.17, 15) is 0 Å². The molecule has 0 saturated carbocycles. The van der Waals surface area contributed by atoms with Crippen LogP contribution < -0.4 is 5.32 Å². The van der Waals surface area contributed by atoms with E-state index in [4.69, 9.17) is 4.74 Å². The molecule has 0 spiro atoms. The van der Waals surface area contributed by atoms with E-state index in [1.807, 2.05) is 0 Å². The third kappa shape index (κ3) is 3.10. The van der Waals surface area contributed by atoms with Crippen molar-refractivity contribution in [3.63, 3.8) is 0 Å². The van der Waals surface area contributed by atoms with Crippen molar-refractivity contribution in [3.8, 4) is 0 Å². The Balaban J connectivity index is 1.73. The lowest BCUT2D eigenvalue weighted by molar-refractivity contribution is 0.00926. The monoisotopic (exact) mass is 308 g/mol. The van der Waals surface area contributed by atoms with Crippen LogP contribution in [-0.2, 0) is 4.74 Å². The Morgan fingerprint density at radius 1 is 1.50 bits per heavy atom. The Morgan fingerprint density at radius 2 is 2.40 bits per heavy atom. The minimum absolute atomic E-state index is 0.413. The van der Waals surface area contributed by atoms with Crippen molar-refractivity contribution in [1.82, 2.24) is 4.98 Å². The van der Waals surface area contributed by atoms with Crippen LogP contribution in [0.4, 0.5) is 5.69 Å². The van der Waals surface area contributed by atoms with E-state index in [-0.39, 0.29) is 0 Å². The molecule has 2 aromatic rings. The smallest absolute Gasteiger partial charge is 0.150 e. The summed E-state index contributed by atoms with van der Waals surface area (Å²) in [7, 11) is 0. The number of anilines is 1. The van der Waals surface area contributed by atoms with Crippen molar-refractivity contribution in [3.05, 3.63) is 18.2 Å². The molecule has 1 aromatic carbocycles. The average Bonchev–Trinajstić information content (AvgIpc) is 2.90. The largest absolute Gasteiger partial charge is 0.382 e. The predicted molar refractivity (Wildman–Crippen MR) is 88.1 cm³/mol. The molecule has 1 aliphatic rings. The van der Waals surface area contributed by atoms with Crippen LogP contribution in [0, 0.1) is 0 Å². The van der Waals surface area contributed by atoms with Crippen molar-refractivity contribution in [2.24, 2.45) is 0 Å². The topological polar surface area (TPSA) is 34.2 Å². The maximum atomic E-state index is 5.73. The third-order valence-electron chi connectivity index (χ3n) is 3.74. The molecule has 0 amide bonds. The molecule has 0 bridgehead atoms. The highest BCUT2D eigenvalue weighted by Crippen LogP contribution is 2.30. The summed E-state index contributed by atoms with van der Waals surface area (Å²) in [6.45, 7) is 3.07. The van der Waals surface area contributed by atoms with Crippen LogP contribution in [0.1, 0.15) is 26.2 Å². The van der Waals surface area contributed by atoms with Gasteiger partial charge in [-0.05, 0) is 43.7 Å². The summed E-state index contributed by atoms with van der Waals surface area (Å²) in [4.78, 5) is 4.58. The zero-order valence-electron chi connectivity index (χ0n) is 11.9. The average molecular weight is 308 g/mol. The van der Waals surface area contributed by atoms with E-state index in [2.05, 4.69) is 41.7 Å². The maximum Gasteiger partial charge on any atom is 0.150 e. The van der Waals surface area contributed by atoms with E-state index in [0.717, 1.165) is 35.7 Å². The second kappa shape index (κ2) is 6.33. The number of thiazole rings is 1. The summed E-state index contributed by atoms with van der Waals surface area (Å²) in [5.41, 5.74) is 2.30. The van der Waals surface area contributed by atoms with Crippen molar-refractivity contribution >= 4 is 39.0 Å². The highest BCUT2D eigenvalue weighted by Gasteiger charge is 2.21. The first-order chi connectivity index (χ1) is 9.78. The van der Waals surface area contributed by atoms with Gasteiger partial charge >= 0.3 is 0 Å². The SMILES string of the molecule is CCC1CC(Nc2ccc3nc(SC)sc3c2)CCO1. The first kappa shape index (κ1) is 14.2. The molecule has 2 heterocycles. The number of aromatic nitrogens is 1. The normalized spacial score (nSPS) is 23.1. The lowest BCUT2D eigenvalue weighted by Gasteiger charge is -2.30. The number of nitrogens with one attached hydrogen (secondary N) is 1. The molecular weight excluding hydrogens is 288 g/mol. The molecule has 2 unspecified atom stereocenters. The molecule has 108 valence electrons. The highest BCUT2D eigenvalue weighted by molar-refractivity contribution is 8.00. The van der Waals surface area contributed by atoms with Gasteiger partial charge in [-0.25, -0.2) is 4.98 Å². The number of fused-ring (bicyclic) bond motifs is 1. The van der Waals surface area contributed by atoms with Crippen LogP contribution in [-0.4, -0.2) is 30.0 Å². The molecule has 3 nitrogen and oxygen atoms in total. The van der Waals surface area contributed by atoms with Crippen LogP contribution in [0.15, 0.2) is 22.5 Å². The van der Waals surface area contributed by atoms with Crippen LogP contribution in [0.5, 0.6) is 0 Å². The van der Waals surface area contributed by atoms with Gasteiger partial charge in [0, 0.05) is 18.3 Å². The minimum atomic E-state index is 0.413. The summed E-state index contributed by atoms with van der Waals surface area (Å²) in [6, 6.07) is 7.01. The van der Waals surface area contributed by atoms with Gasteiger partial charge in [-0.15, -0.1) is 11.3 Å². The molecule has 1 fully saturated rings. The number of ether oxygens (including phenoxy) is 1. The predicted octanol–water partition coefficient (Wildman–Crippen LogP) is 4.39. The number of thioether (sulfide) groups is 1. The van der Waals surface area contributed by atoms with Gasteiger partial charge in [-0.3, -0.25) is 0 Å². The van der Waals surface area contributed by atoms with E-state index in [1.165, 1.54) is 10.4 Å². The number of hydrogen-bond donors (Lipinski definition) is 1. The van der Waals surface area contributed by atoms with Crippen LogP contribution in [0.3, 0.4) is 0 Å². The fourth-order valence-corrected chi connectivity index (χ4v) is 4.14. The Hall–Kier alpha value is -0.780. The van der Waals surface area contributed by atoms with Crippen molar-refractivity contribution in [2.75, 3.05) is 18.2 Å². The van der Waals surface area contributed by atoms with Crippen molar-refractivity contribution in [1.29, 1.82) is 0 Å². The van der Waals surface area contributed by atoms with E-state index < -0.39 is 0 Å². The van der Waals surface area contributed by atoms with E-state index in [1.54, 1.807) is 23.1 Å². The zero-order chi connectivity index (χ0) is 13.9. The van der Waals surface area contributed by atoms with Gasteiger partial charge in [0.25, 0.3) is 0 Å². The van der Waals surface area contributed by atoms with Gasteiger partial charge in [0.05, 0.1) is 16.3 Å². The maximum absolute atomic E-state index is 5.73. The molecule has 3 rings (SSSR count). The molecule has 5 heteroatoms. The van der Waals surface area contributed by atoms with E-state index >= 15 is 0 Å². The van der Waals surface area contributed by atoms with Crippen molar-refractivity contribution in [2.45, 2.75) is 42.7 Å². The lowest BCUT2D eigenvalue weighted by atomic mass is 10.0. The number of rotatable bonds is 4. The second-order valence-electron chi connectivity index (χ2n) is 5.13. The van der Waals surface area contributed by atoms with Gasteiger partial charge in [0.1, 0.15) is 0 Å². The fourth-order valence-electron chi connectivity index (χ4n) is 2.61. The van der Waals surface area contributed by atoms with Crippen LogP contribution in [0.2, 0.25) is 0 Å². The molecular formula is C15H20N2OS2. The highest BCUT2D eigenvalue weighted by atomic mass is 32.2. The number of hydrogen-bond acceptors (Lipinski definition) is 5. The van der Waals surface area contributed by atoms with E-state index in [0.29, 0.717) is 12.1 Å². The lowest BCUT2D eigenvalue weighted by Crippen LogP contribution is -2.33. The summed E-state index contributed by atoms with van der Waals surface area (Å²) in [5.74, 6) is 0. The first-order valence-corrected chi connectivity index (χ1v) is 9.15. The van der Waals surface area contributed by atoms with Crippen LogP contribution >= 0.6 is 23.1 Å². The quantitative estimate of drug-likeness (QED) is 0.850. The van der Waals surface area contributed by atoms with Gasteiger partial charge in [-0.1, -0.05) is 18.7 Å². The molecule has 2 atom stereocenters. The van der Waals surface area contributed by atoms with Gasteiger partial charge in [-0.2, -0.15) is 0 Å². The standard InChI is InChI=1S/C15H20N2OS2/c1-3-12-8-11(6-7-18-12)16-10-4-5-13-14(9-10)20-15(17-13)19-2/h4-5,9,11-12,16H,3,6-8H2,1-2H3. The van der Waals surface area contributed by atoms with Crippen LogP contribution in [0.25, 0.3) is 10.2 Å². The number of nitrogens with zero attached hydrogens (tertiary/aromatic N) is 1. The molecule has 1 saturated heterocycles. The molecule has 0 aliphatic carbocycles. The van der Waals surface area contributed by atoms with Gasteiger partial charge in [0.15, 0.2) is 4.34 Å². The molecule has 1 N–H and O–H groups in total. The second-order valence-corrected chi connectivity index (χ2v) is 7.22. The van der Waals surface area contributed by atoms with Crippen molar-refractivity contribution < 1.29 is 4.74 Å². The number of benzene rings is 1. The third-order valence-corrected chi connectivity index (χ3v) is 5.74. The summed E-state index contributed by atoms with van der Waals surface area (Å²) >= 11 is 3.48. The van der Waals surface area contributed by atoms with Gasteiger partial charge < -0.3 is 10.1 Å². The molecule has 1 aliphatic heterocycles. The molecule has 1 aromatic heterocycles.